The first kappa shape index (κ1) is 12.6. The molecule has 0 aromatic heterocycles. The number of rotatable bonds is 2. The minimum Gasteiger partial charge on any atom is -0.325 e. The molecule has 92 valence electrons. The van der Waals surface area contributed by atoms with Crippen LogP contribution in [-0.4, -0.2) is 5.91 Å². The number of anilines is 1. The van der Waals surface area contributed by atoms with Crippen molar-refractivity contribution in [1.82, 2.24) is 0 Å². The van der Waals surface area contributed by atoms with Gasteiger partial charge in [-0.1, -0.05) is 25.5 Å². The summed E-state index contributed by atoms with van der Waals surface area (Å²) in [5.74, 6) is 0.863. The number of carbonyl (C=O) groups excluding carboxylic acids is 1. The van der Waals surface area contributed by atoms with Crippen LogP contribution in [0.1, 0.15) is 31.7 Å². The molecule has 1 amide bonds. The molecule has 2 rings (SSSR count). The van der Waals surface area contributed by atoms with Crippen molar-refractivity contribution in [3.63, 3.8) is 0 Å². The van der Waals surface area contributed by atoms with Gasteiger partial charge in [-0.2, -0.15) is 0 Å². The van der Waals surface area contributed by atoms with Crippen LogP contribution in [-0.2, 0) is 4.79 Å². The molecule has 3 heteroatoms. The van der Waals surface area contributed by atoms with E-state index in [4.69, 9.17) is 0 Å². The predicted octanol–water partition coefficient (Wildman–Crippen LogP) is 4.13. The van der Waals surface area contributed by atoms with Crippen molar-refractivity contribution >= 4 is 27.5 Å². The van der Waals surface area contributed by atoms with E-state index in [1.165, 1.54) is 12.8 Å². The molecule has 1 aliphatic rings. The number of halogens is 1. The summed E-state index contributed by atoms with van der Waals surface area (Å²) in [6, 6.07) is 5.93. The van der Waals surface area contributed by atoms with E-state index in [9.17, 15) is 4.79 Å². The zero-order valence-electron chi connectivity index (χ0n) is 10.3. The van der Waals surface area contributed by atoms with E-state index in [-0.39, 0.29) is 11.8 Å². The van der Waals surface area contributed by atoms with Crippen molar-refractivity contribution in [3.8, 4) is 0 Å². The maximum atomic E-state index is 12.2. The zero-order chi connectivity index (χ0) is 12.4. The Morgan fingerprint density at radius 2 is 2.18 bits per heavy atom. The van der Waals surface area contributed by atoms with E-state index >= 15 is 0 Å². The molecule has 1 saturated carbocycles. The minimum atomic E-state index is 0.168. The maximum Gasteiger partial charge on any atom is 0.227 e. The number of nitrogens with one attached hydrogen (secondary N) is 1. The first-order valence-electron chi connectivity index (χ1n) is 6.15. The molecule has 17 heavy (non-hydrogen) atoms. The van der Waals surface area contributed by atoms with E-state index < -0.39 is 0 Å². The summed E-state index contributed by atoms with van der Waals surface area (Å²) in [6.07, 6.45) is 3.37. The molecule has 0 saturated heterocycles. The Labute approximate surface area is 111 Å². The van der Waals surface area contributed by atoms with Crippen molar-refractivity contribution in [2.45, 2.75) is 33.1 Å². The molecule has 2 nitrogen and oxygen atoms in total. The Morgan fingerprint density at radius 3 is 2.82 bits per heavy atom. The average molecular weight is 296 g/mol. The van der Waals surface area contributed by atoms with E-state index in [0.29, 0.717) is 5.92 Å². The molecule has 1 aromatic carbocycles. The number of aryl methyl sites for hydroxylation is 1. The predicted molar refractivity (Wildman–Crippen MR) is 74.0 cm³/mol. The first-order valence-corrected chi connectivity index (χ1v) is 6.95. The molecule has 1 fully saturated rings. The van der Waals surface area contributed by atoms with Gasteiger partial charge in [-0.3, -0.25) is 4.79 Å². The van der Waals surface area contributed by atoms with Crippen LogP contribution in [0.4, 0.5) is 5.69 Å². The molecular formula is C14H18BrNO. The number of hydrogen-bond acceptors (Lipinski definition) is 1. The van der Waals surface area contributed by atoms with Gasteiger partial charge in [0.2, 0.25) is 5.91 Å². The molecular weight excluding hydrogens is 278 g/mol. The van der Waals surface area contributed by atoms with Crippen molar-refractivity contribution in [2.24, 2.45) is 11.8 Å². The maximum absolute atomic E-state index is 12.2. The van der Waals surface area contributed by atoms with Gasteiger partial charge in [-0.05, 0) is 53.2 Å². The van der Waals surface area contributed by atoms with Gasteiger partial charge >= 0.3 is 0 Å². The Kier molecular flexibility index (Phi) is 3.87. The number of carbonyl (C=O) groups is 1. The molecule has 0 aliphatic heterocycles. The molecule has 0 spiro atoms. The molecule has 1 aromatic rings. The Balaban J connectivity index is 2.10. The monoisotopic (exact) mass is 295 g/mol. The van der Waals surface area contributed by atoms with Gasteiger partial charge < -0.3 is 5.32 Å². The molecule has 1 aliphatic carbocycles. The number of amides is 1. The molecule has 0 radical (unpaired) electrons. The van der Waals surface area contributed by atoms with Crippen LogP contribution in [0.25, 0.3) is 0 Å². The molecule has 2 unspecified atom stereocenters. The quantitative estimate of drug-likeness (QED) is 0.873. The topological polar surface area (TPSA) is 29.1 Å². The van der Waals surface area contributed by atoms with E-state index in [1.54, 1.807) is 0 Å². The van der Waals surface area contributed by atoms with Crippen molar-refractivity contribution in [3.05, 3.63) is 28.2 Å². The van der Waals surface area contributed by atoms with Crippen LogP contribution in [0.2, 0.25) is 0 Å². The normalized spacial score (nSPS) is 23.7. The van der Waals surface area contributed by atoms with E-state index in [0.717, 1.165) is 22.1 Å². The summed E-state index contributed by atoms with van der Waals surface area (Å²) in [6.45, 7) is 4.19. The van der Waals surface area contributed by atoms with Gasteiger partial charge in [0.05, 0.1) is 5.69 Å². The summed E-state index contributed by atoms with van der Waals surface area (Å²) < 4.78 is 0.985. The third-order valence-corrected chi connectivity index (χ3v) is 4.70. The van der Waals surface area contributed by atoms with Crippen LogP contribution in [0.3, 0.4) is 0 Å². The van der Waals surface area contributed by atoms with Crippen LogP contribution < -0.4 is 5.32 Å². The summed E-state index contributed by atoms with van der Waals surface area (Å²) in [5.41, 5.74) is 2.02. The van der Waals surface area contributed by atoms with E-state index in [1.807, 2.05) is 25.1 Å². The second kappa shape index (κ2) is 5.21. The lowest BCUT2D eigenvalue weighted by atomic mass is 9.97. The first-order chi connectivity index (χ1) is 8.09. The molecule has 1 N–H and O–H groups in total. The van der Waals surface area contributed by atoms with Crippen LogP contribution in [0.5, 0.6) is 0 Å². The van der Waals surface area contributed by atoms with Crippen LogP contribution in [0, 0.1) is 18.8 Å². The fourth-order valence-electron chi connectivity index (χ4n) is 2.50. The van der Waals surface area contributed by atoms with Crippen molar-refractivity contribution in [1.29, 1.82) is 0 Å². The second-order valence-electron chi connectivity index (χ2n) is 4.94. The van der Waals surface area contributed by atoms with Gasteiger partial charge in [0.25, 0.3) is 0 Å². The minimum absolute atomic E-state index is 0.168. The highest BCUT2D eigenvalue weighted by atomic mass is 79.9. The summed E-state index contributed by atoms with van der Waals surface area (Å²) >= 11 is 3.52. The van der Waals surface area contributed by atoms with Gasteiger partial charge in [-0.15, -0.1) is 0 Å². The summed E-state index contributed by atoms with van der Waals surface area (Å²) in [7, 11) is 0. The Bertz CT molecular complexity index is 430. The van der Waals surface area contributed by atoms with Crippen LogP contribution in [0.15, 0.2) is 22.7 Å². The molecule has 0 heterocycles. The third kappa shape index (κ3) is 2.71. The number of benzene rings is 1. The lowest BCUT2D eigenvalue weighted by Gasteiger charge is -2.16. The zero-order valence-corrected chi connectivity index (χ0v) is 11.9. The van der Waals surface area contributed by atoms with Gasteiger partial charge in [0.15, 0.2) is 0 Å². The summed E-state index contributed by atoms with van der Waals surface area (Å²) in [4.78, 5) is 12.2. The Hall–Kier alpha value is -0.830. The standard InChI is InChI=1S/C14H18BrNO/c1-9-5-3-7-11(9)14(17)16-12-8-4-6-10(2)13(12)15/h4,6,8-9,11H,3,5,7H2,1-2H3,(H,16,17). The smallest absolute Gasteiger partial charge is 0.227 e. The fraction of sp³-hybridized carbons (Fsp3) is 0.500. The SMILES string of the molecule is Cc1cccc(NC(=O)C2CCCC2C)c1Br. The number of hydrogen-bond donors (Lipinski definition) is 1. The Morgan fingerprint density at radius 1 is 1.41 bits per heavy atom. The van der Waals surface area contributed by atoms with Crippen LogP contribution >= 0.6 is 15.9 Å². The lowest BCUT2D eigenvalue weighted by Crippen LogP contribution is -2.24. The van der Waals surface area contributed by atoms with Gasteiger partial charge in [0.1, 0.15) is 0 Å². The lowest BCUT2D eigenvalue weighted by molar-refractivity contribution is -0.120. The van der Waals surface area contributed by atoms with Gasteiger partial charge in [-0.25, -0.2) is 0 Å². The fourth-order valence-corrected chi connectivity index (χ4v) is 2.87. The highest BCUT2D eigenvalue weighted by Crippen LogP contribution is 2.33. The second-order valence-corrected chi connectivity index (χ2v) is 5.73. The molecule has 2 atom stereocenters. The largest absolute Gasteiger partial charge is 0.325 e. The van der Waals surface area contributed by atoms with Crippen molar-refractivity contribution < 1.29 is 4.79 Å². The molecule has 0 bridgehead atoms. The van der Waals surface area contributed by atoms with Crippen molar-refractivity contribution in [2.75, 3.05) is 5.32 Å². The third-order valence-electron chi connectivity index (χ3n) is 3.65. The highest BCUT2D eigenvalue weighted by molar-refractivity contribution is 9.10. The van der Waals surface area contributed by atoms with Gasteiger partial charge in [0, 0.05) is 10.4 Å². The van der Waals surface area contributed by atoms with E-state index in [2.05, 4.69) is 28.2 Å². The summed E-state index contributed by atoms with van der Waals surface area (Å²) in [5, 5.41) is 3.04. The highest BCUT2D eigenvalue weighted by Gasteiger charge is 2.29. The average Bonchev–Trinajstić information content (AvgIpc) is 2.71.